The van der Waals surface area contributed by atoms with Gasteiger partial charge in [-0.2, -0.15) is 0 Å². The normalized spacial score (nSPS) is 16.0. The molecule has 2 amide bonds. The molecule has 0 unspecified atom stereocenters. The Balaban J connectivity index is 1.51. The van der Waals surface area contributed by atoms with E-state index in [1.165, 1.54) is 34.7 Å². The van der Waals surface area contributed by atoms with Gasteiger partial charge < -0.3 is 16.8 Å². The summed E-state index contributed by atoms with van der Waals surface area (Å²) in [5, 5.41) is 4.32. The number of amides is 2. The molecule has 156 valence electrons. The Morgan fingerprint density at radius 1 is 1.00 bits per heavy atom. The van der Waals surface area contributed by atoms with Crippen molar-refractivity contribution >= 4 is 55.4 Å². The maximum Gasteiger partial charge on any atom is 0.268 e. The summed E-state index contributed by atoms with van der Waals surface area (Å²) in [7, 11) is 0. The third-order valence-corrected chi connectivity index (χ3v) is 8.42. The summed E-state index contributed by atoms with van der Waals surface area (Å²) in [6, 6.07) is 2.12. The van der Waals surface area contributed by atoms with Gasteiger partial charge in [0.2, 0.25) is 0 Å². The second-order valence-corrected chi connectivity index (χ2v) is 10.2. The smallest absolute Gasteiger partial charge is 0.268 e. The number of hydrogen-bond acceptors (Lipinski definition) is 6. The number of fused-ring (bicyclic) bond motifs is 3. The van der Waals surface area contributed by atoms with Crippen molar-refractivity contribution in [3.05, 3.63) is 38.2 Å². The van der Waals surface area contributed by atoms with E-state index < -0.39 is 5.91 Å². The second-order valence-electron chi connectivity index (χ2n) is 8.09. The number of carbonyl (C=O) groups excluding carboxylic acids is 2. The lowest BCUT2D eigenvalue weighted by Crippen LogP contribution is -2.18. The molecule has 6 nitrogen and oxygen atoms in total. The highest BCUT2D eigenvalue weighted by molar-refractivity contribution is 7.21. The molecule has 0 atom stereocenters. The molecule has 5 rings (SSSR count). The fourth-order valence-corrected chi connectivity index (χ4v) is 6.86. The van der Waals surface area contributed by atoms with Crippen molar-refractivity contribution in [3.63, 3.8) is 0 Å². The Hall–Kier alpha value is -2.45. The molecule has 0 saturated heterocycles. The van der Waals surface area contributed by atoms with E-state index in [4.69, 9.17) is 16.5 Å². The summed E-state index contributed by atoms with van der Waals surface area (Å²) < 4.78 is 0. The Bertz CT molecular complexity index is 1180. The summed E-state index contributed by atoms with van der Waals surface area (Å²) in [6.07, 6.45) is 9.42. The highest BCUT2D eigenvalue weighted by Gasteiger charge is 2.27. The summed E-state index contributed by atoms with van der Waals surface area (Å²) >= 11 is 2.78. The summed E-state index contributed by atoms with van der Waals surface area (Å²) in [5.41, 5.74) is 16.4. The zero-order valence-corrected chi connectivity index (χ0v) is 18.3. The second kappa shape index (κ2) is 7.67. The van der Waals surface area contributed by atoms with Gasteiger partial charge in [-0.05, 0) is 68.6 Å². The third kappa shape index (κ3) is 3.28. The molecule has 30 heavy (non-hydrogen) atoms. The molecule has 5 N–H and O–H groups in total. The van der Waals surface area contributed by atoms with Crippen LogP contribution in [-0.2, 0) is 25.7 Å². The van der Waals surface area contributed by atoms with Crippen molar-refractivity contribution in [3.8, 4) is 0 Å². The quantitative estimate of drug-likeness (QED) is 0.523. The minimum atomic E-state index is -0.487. The Morgan fingerprint density at radius 2 is 1.77 bits per heavy atom. The number of thiophene rings is 2. The first-order chi connectivity index (χ1) is 14.5. The summed E-state index contributed by atoms with van der Waals surface area (Å²) in [4.78, 5) is 32.4. The maximum atomic E-state index is 13.1. The number of aryl methyl sites for hydroxylation is 3. The molecule has 0 aromatic carbocycles. The lowest BCUT2D eigenvalue weighted by atomic mass is 9.95. The minimum absolute atomic E-state index is 0.299. The molecule has 2 aliphatic rings. The van der Waals surface area contributed by atoms with Gasteiger partial charge in [-0.25, -0.2) is 4.98 Å². The van der Waals surface area contributed by atoms with E-state index in [1.54, 1.807) is 0 Å². The molecule has 3 heterocycles. The van der Waals surface area contributed by atoms with Gasteiger partial charge in [-0.1, -0.05) is 6.42 Å². The van der Waals surface area contributed by atoms with Gasteiger partial charge in [-0.15, -0.1) is 22.7 Å². The van der Waals surface area contributed by atoms with Crippen molar-refractivity contribution in [1.29, 1.82) is 0 Å². The van der Waals surface area contributed by atoms with Crippen LogP contribution in [0.4, 0.5) is 10.7 Å². The van der Waals surface area contributed by atoms with Crippen molar-refractivity contribution < 1.29 is 9.59 Å². The van der Waals surface area contributed by atoms with Crippen LogP contribution in [0.5, 0.6) is 0 Å². The van der Waals surface area contributed by atoms with E-state index >= 15 is 0 Å². The average molecular weight is 441 g/mol. The molecule has 0 saturated carbocycles. The van der Waals surface area contributed by atoms with Gasteiger partial charge in [0.25, 0.3) is 11.8 Å². The van der Waals surface area contributed by atoms with Gasteiger partial charge in [0, 0.05) is 16.0 Å². The van der Waals surface area contributed by atoms with Crippen molar-refractivity contribution in [2.24, 2.45) is 5.73 Å². The molecule has 8 heteroatoms. The number of primary amides is 1. The number of aromatic nitrogens is 1. The first-order valence-corrected chi connectivity index (χ1v) is 12.1. The molecule has 0 bridgehead atoms. The van der Waals surface area contributed by atoms with Crippen LogP contribution in [0.2, 0.25) is 0 Å². The van der Waals surface area contributed by atoms with Crippen LogP contribution >= 0.6 is 22.7 Å². The predicted molar refractivity (Wildman–Crippen MR) is 123 cm³/mol. The number of nitrogens with zero attached hydrogens (tertiary/aromatic N) is 1. The Morgan fingerprint density at radius 3 is 2.60 bits per heavy atom. The topological polar surface area (TPSA) is 111 Å². The van der Waals surface area contributed by atoms with Gasteiger partial charge in [0.15, 0.2) is 0 Å². The minimum Gasteiger partial charge on any atom is -0.397 e. The number of pyridine rings is 1. The van der Waals surface area contributed by atoms with Crippen molar-refractivity contribution in [1.82, 2.24) is 4.98 Å². The lowest BCUT2D eigenvalue weighted by Gasteiger charge is -2.11. The molecular formula is C22H24N4O2S2. The number of nitrogens with one attached hydrogen (secondary N) is 1. The first kappa shape index (κ1) is 19.5. The molecule has 0 spiro atoms. The SMILES string of the molecule is NC(=O)c1c(NC(=O)c2sc3nc4c(cc3c2N)CCCCC4)sc2c1CCCC2. The van der Waals surface area contributed by atoms with Crippen LogP contribution in [0.1, 0.15) is 73.8 Å². The van der Waals surface area contributed by atoms with E-state index in [1.807, 2.05) is 0 Å². The monoisotopic (exact) mass is 440 g/mol. The van der Waals surface area contributed by atoms with Gasteiger partial charge >= 0.3 is 0 Å². The molecular weight excluding hydrogens is 416 g/mol. The maximum absolute atomic E-state index is 13.1. The van der Waals surface area contributed by atoms with E-state index in [-0.39, 0.29) is 5.91 Å². The number of nitrogen functional groups attached to an aromatic ring is 1. The number of carbonyl (C=O) groups is 2. The molecule has 0 fully saturated rings. The van der Waals surface area contributed by atoms with E-state index in [0.717, 1.165) is 77.7 Å². The van der Waals surface area contributed by atoms with Crippen LogP contribution in [0.15, 0.2) is 6.07 Å². The average Bonchev–Trinajstić information content (AvgIpc) is 3.14. The molecule has 0 aliphatic heterocycles. The van der Waals surface area contributed by atoms with E-state index in [2.05, 4.69) is 11.4 Å². The van der Waals surface area contributed by atoms with E-state index in [9.17, 15) is 9.59 Å². The largest absolute Gasteiger partial charge is 0.397 e. The molecule has 2 aliphatic carbocycles. The molecule has 0 radical (unpaired) electrons. The highest BCUT2D eigenvalue weighted by atomic mass is 32.1. The summed E-state index contributed by atoms with van der Waals surface area (Å²) in [6.45, 7) is 0. The van der Waals surface area contributed by atoms with Crippen LogP contribution in [0.25, 0.3) is 10.2 Å². The van der Waals surface area contributed by atoms with Crippen molar-refractivity contribution in [2.45, 2.75) is 57.8 Å². The highest BCUT2D eigenvalue weighted by Crippen LogP contribution is 2.40. The van der Waals surface area contributed by atoms with Crippen LogP contribution in [-0.4, -0.2) is 16.8 Å². The molecule has 3 aromatic heterocycles. The predicted octanol–water partition coefficient (Wildman–Crippen LogP) is 4.44. The molecule has 3 aromatic rings. The number of hydrogen-bond donors (Lipinski definition) is 3. The third-order valence-electron chi connectivity index (χ3n) is 6.10. The van der Waals surface area contributed by atoms with Crippen LogP contribution in [0, 0.1) is 0 Å². The van der Waals surface area contributed by atoms with E-state index in [0.29, 0.717) is 21.1 Å². The van der Waals surface area contributed by atoms with Gasteiger partial charge in [0.1, 0.15) is 14.7 Å². The van der Waals surface area contributed by atoms with Crippen LogP contribution in [0.3, 0.4) is 0 Å². The van der Waals surface area contributed by atoms with Crippen LogP contribution < -0.4 is 16.8 Å². The fourth-order valence-electron chi connectivity index (χ4n) is 4.58. The number of anilines is 2. The lowest BCUT2D eigenvalue weighted by molar-refractivity contribution is 0.100. The van der Waals surface area contributed by atoms with Gasteiger partial charge in [-0.3, -0.25) is 9.59 Å². The Kier molecular flexibility index (Phi) is 4.99. The van der Waals surface area contributed by atoms with Crippen molar-refractivity contribution in [2.75, 3.05) is 11.1 Å². The summed E-state index contributed by atoms with van der Waals surface area (Å²) in [5.74, 6) is -0.786. The standard InChI is InChI=1S/C22H24N4O2S2/c23-17-13-10-11-6-2-1-3-8-14(11)25-21(13)30-18(17)20(28)26-22-16(19(24)27)12-7-4-5-9-15(12)29-22/h10H,1-9,23H2,(H2,24,27)(H,26,28). The zero-order valence-electron chi connectivity index (χ0n) is 16.7. The number of rotatable bonds is 3. The number of nitrogens with two attached hydrogens (primary N) is 2. The first-order valence-electron chi connectivity index (χ1n) is 10.5. The van der Waals surface area contributed by atoms with Gasteiger partial charge in [0.05, 0.1) is 11.3 Å². The fraction of sp³-hybridized carbons (Fsp3) is 0.409. The Labute approximate surface area is 182 Å². The zero-order chi connectivity index (χ0) is 20.8.